The van der Waals surface area contributed by atoms with Crippen LogP contribution in [-0.4, -0.2) is 10.0 Å². The van der Waals surface area contributed by atoms with Crippen LogP contribution in [0.15, 0.2) is 28.7 Å². The molecule has 1 aromatic carbocycles. The number of hydrogen-bond donors (Lipinski definition) is 0. The van der Waals surface area contributed by atoms with Gasteiger partial charge in [-0.3, -0.25) is 0 Å². The summed E-state index contributed by atoms with van der Waals surface area (Å²) in [6, 6.07) is 8.36. The topological polar surface area (TPSA) is 9.23 Å². The van der Waals surface area contributed by atoms with Crippen molar-refractivity contribution in [3.05, 3.63) is 34.3 Å². The van der Waals surface area contributed by atoms with Gasteiger partial charge in [-0.05, 0) is 49.1 Å². The van der Waals surface area contributed by atoms with Gasteiger partial charge < -0.3 is 4.74 Å². The summed E-state index contributed by atoms with van der Waals surface area (Å²) in [6.45, 7) is 5.42. The van der Waals surface area contributed by atoms with Gasteiger partial charge in [0.1, 0.15) is 0 Å². The fourth-order valence-corrected chi connectivity index (χ4v) is 4.38. The summed E-state index contributed by atoms with van der Waals surface area (Å²) < 4.78 is 8.63. The number of rotatable bonds is 5. The Morgan fingerprint density at radius 2 is 1.95 bits per heavy atom. The minimum atomic E-state index is 0.0984. The molecule has 1 aliphatic carbocycles. The third-order valence-corrected chi connectivity index (χ3v) is 6.78. The maximum Gasteiger partial charge on any atom is 0.0776 e. The summed E-state index contributed by atoms with van der Waals surface area (Å²) in [5, 5.41) is 0. The molecule has 112 valence electrons. The van der Waals surface area contributed by atoms with Gasteiger partial charge in [0, 0.05) is 8.90 Å². The summed E-state index contributed by atoms with van der Waals surface area (Å²) >= 11 is 6.11. The van der Waals surface area contributed by atoms with E-state index in [0.29, 0.717) is 0 Å². The maximum absolute atomic E-state index is 6.38. The quantitative estimate of drug-likeness (QED) is 0.395. The fraction of sp³-hybridized carbons (Fsp3) is 0.647. The van der Waals surface area contributed by atoms with Gasteiger partial charge in [-0.2, -0.15) is 0 Å². The van der Waals surface area contributed by atoms with Crippen LogP contribution in [-0.2, 0) is 11.3 Å². The number of hydrogen-bond acceptors (Lipinski definition) is 1. The lowest BCUT2D eigenvalue weighted by Crippen LogP contribution is -2.39. The fourth-order valence-electron chi connectivity index (χ4n) is 3.00. The molecule has 0 N–H and O–H groups in total. The highest BCUT2D eigenvalue weighted by molar-refractivity contribution is 14.1. The normalized spacial score (nSPS) is 26.9. The zero-order valence-corrected chi connectivity index (χ0v) is 16.1. The Balaban J connectivity index is 1.95. The van der Waals surface area contributed by atoms with E-state index in [1.54, 1.807) is 0 Å². The van der Waals surface area contributed by atoms with Gasteiger partial charge in [-0.15, -0.1) is 0 Å². The molecule has 20 heavy (non-hydrogen) atoms. The molecule has 0 unspecified atom stereocenters. The van der Waals surface area contributed by atoms with Crippen LogP contribution in [0, 0.1) is 11.8 Å². The molecule has 0 bridgehead atoms. The van der Waals surface area contributed by atoms with Crippen LogP contribution in [0.5, 0.6) is 0 Å². The molecular formula is C17H24BrIO. The predicted molar refractivity (Wildman–Crippen MR) is 97.3 cm³/mol. The second kappa shape index (κ2) is 7.59. The Morgan fingerprint density at radius 3 is 2.50 bits per heavy atom. The standard InChI is InChI=1S/C17H24BrIO/c1-13(2)14-7-9-17(12-19,10-8-14)20-11-15-5-3-4-6-16(15)18/h3-6,13-14H,7-12H2,1-2H3. The molecule has 0 heterocycles. The second-order valence-electron chi connectivity index (χ2n) is 6.28. The van der Waals surface area contributed by atoms with Crippen molar-refractivity contribution < 1.29 is 4.74 Å². The highest BCUT2D eigenvalue weighted by Gasteiger charge is 2.36. The molecule has 0 spiro atoms. The van der Waals surface area contributed by atoms with Crippen molar-refractivity contribution in [3.63, 3.8) is 0 Å². The Bertz CT molecular complexity index is 425. The Labute approximate surface area is 145 Å². The lowest BCUT2D eigenvalue weighted by Gasteiger charge is -2.40. The second-order valence-corrected chi connectivity index (χ2v) is 7.90. The molecule has 2 rings (SSSR count). The van der Waals surface area contributed by atoms with Crippen molar-refractivity contribution in [3.8, 4) is 0 Å². The molecular weight excluding hydrogens is 427 g/mol. The van der Waals surface area contributed by atoms with Crippen molar-refractivity contribution in [1.29, 1.82) is 0 Å². The summed E-state index contributed by atoms with van der Waals surface area (Å²) in [4.78, 5) is 0. The zero-order valence-electron chi connectivity index (χ0n) is 12.4. The zero-order chi connectivity index (χ0) is 14.6. The van der Waals surface area contributed by atoms with Crippen molar-refractivity contribution in [1.82, 2.24) is 0 Å². The molecule has 1 nitrogen and oxygen atoms in total. The summed E-state index contributed by atoms with van der Waals surface area (Å²) in [5.41, 5.74) is 1.35. The first-order chi connectivity index (χ1) is 9.56. The van der Waals surface area contributed by atoms with E-state index in [9.17, 15) is 0 Å². The van der Waals surface area contributed by atoms with Gasteiger partial charge >= 0.3 is 0 Å². The summed E-state index contributed by atoms with van der Waals surface area (Å²) in [7, 11) is 0. The van der Waals surface area contributed by atoms with Crippen LogP contribution in [0.1, 0.15) is 45.1 Å². The minimum absolute atomic E-state index is 0.0984. The van der Waals surface area contributed by atoms with Gasteiger partial charge in [-0.1, -0.05) is 70.6 Å². The Kier molecular flexibility index (Phi) is 6.36. The highest BCUT2D eigenvalue weighted by Crippen LogP contribution is 2.39. The van der Waals surface area contributed by atoms with E-state index in [-0.39, 0.29) is 5.60 Å². The van der Waals surface area contributed by atoms with Gasteiger partial charge in [0.05, 0.1) is 12.2 Å². The van der Waals surface area contributed by atoms with Crippen molar-refractivity contribution in [2.45, 2.75) is 51.7 Å². The maximum atomic E-state index is 6.38. The average molecular weight is 451 g/mol. The van der Waals surface area contributed by atoms with E-state index in [0.717, 1.165) is 27.3 Å². The largest absolute Gasteiger partial charge is 0.369 e. The average Bonchev–Trinajstić information content (AvgIpc) is 2.47. The van der Waals surface area contributed by atoms with E-state index in [1.807, 2.05) is 0 Å². The molecule has 0 saturated heterocycles. The SMILES string of the molecule is CC(C)C1CCC(CI)(OCc2ccccc2Br)CC1. The lowest BCUT2D eigenvalue weighted by atomic mass is 9.75. The Hall–Kier alpha value is 0.390. The first-order valence-corrected chi connectivity index (χ1v) is 9.81. The summed E-state index contributed by atoms with van der Waals surface area (Å²) in [6.07, 6.45) is 5.06. The van der Waals surface area contributed by atoms with E-state index in [1.165, 1.54) is 31.2 Å². The summed E-state index contributed by atoms with van der Waals surface area (Å²) in [5.74, 6) is 1.70. The minimum Gasteiger partial charge on any atom is -0.369 e. The lowest BCUT2D eigenvalue weighted by molar-refractivity contribution is -0.0721. The van der Waals surface area contributed by atoms with Crippen LogP contribution in [0.3, 0.4) is 0 Å². The predicted octanol–water partition coefficient (Wildman–Crippen LogP) is 5.99. The monoisotopic (exact) mass is 450 g/mol. The molecule has 0 aromatic heterocycles. The van der Waals surface area contributed by atoms with E-state index in [4.69, 9.17) is 4.74 Å². The number of alkyl halides is 1. The van der Waals surface area contributed by atoms with Crippen LogP contribution < -0.4 is 0 Å². The number of benzene rings is 1. The molecule has 1 fully saturated rings. The number of ether oxygens (including phenoxy) is 1. The molecule has 0 aliphatic heterocycles. The Morgan fingerprint density at radius 1 is 1.30 bits per heavy atom. The molecule has 1 aliphatic rings. The highest BCUT2D eigenvalue weighted by atomic mass is 127. The van der Waals surface area contributed by atoms with Crippen LogP contribution in [0.4, 0.5) is 0 Å². The van der Waals surface area contributed by atoms with Crippen molar-refractivity contribution >= 4 is 38.5 Å². The van der Waals surface area contributed by atoms with Crippen LogP contribution in [0.2, 0.25) is 0 Å². The first-order valence-electron chi connectivity index (χ1n) is 7.50. The van der Waals surface area contributed by atoms with Gasteiger partial charge in [-0.25, -0.2) is 0 Å². The van der Waals surface area contributed by atoms with E-state index in [2.05, 4.69) is 76.6 Å². The molecule has 1 aromatic rings. The third-order valence-electron chi connectivity index (χ3n) is 4.62. The van der Waals surface area contributed by atoms with Gasteiger partial charge in [0.2, 0.25) is 0 Å². The first kappa shape index (κ1) is 16.8. The third kappa shape index (κ3) is 4.20. The molecule has 0 radical (unpaired) electrons. The van der Waals surface area contributed by atoms with Crippen molar-refractivity contribution in [2.24, 2.45) is 11.8 Å². The van der Waals surface area contributed by atoms with Gasteiger partial charge in [0.25, 0.3) is 0 Å². The van der Waals surface area contributed by atoms with Crippen LogP contribution in [0.25, 0.3) is 0 Å². The van der Waals surface area contributed by atoms with E-state index < -0.39 is 0 Å². The van der Waals surface area contributed by atoms with Crippen molar-refractivity contribution in [2.75, 3.05) is 4.43 Å². The van der Waals surface area contributed by atoms with Crippen LogP contribution >= 0.6 is 38.5 Å². The number of halogens is 2. The van der Waals surface area contributed by atoms with Gasteiger partial charge in [0.15, 0.2) is 0 Å². The molecule has 1 saturated carbocycles. The molecule has 0 atom stereocenters. The molecule has 0 amide bonds. The van der Waals surface area contributed by atoms with E-state index >= 15 is 0 Å². The molecule has 3 heteroatoms. The smallest absolute Gasteiger partial charge is 0.0776 e.